The first-order valence-electron chi connectivity index (χ1n) is 7.52. The predicted molar refractivity (Wildman–Crippen MR) is 83.5 cm³/mol. The molecular weight excluding hydrogens is 270 g/mol. The lowest BCUT2D eigenvalue weighted by molar-refractivity contribution is 0.504. The summed E-state index contributed by atoms with van der Waals surface area (Å²) in [7, 11) is -3.03. The maximum absolute atomic E-state index is 12.1. The number of sulfone groups is 1. The number of benzene rings is 1. The molecule has 0 saturated carbocycles. The van der Waals surface area contributed by atoms with E-state index in [4.69, 9.17) is 5.73 Å². The van der Waals surface area contributed by atoms with Crippen LogP contribution in [0.4, 0.5) is 0 Å². The maximum atomic E-state index is 12.1. The Hall–Kier alpha value is -0.870. The molecule has 3 atom stereocenters. The molecule has 0 amide bonds. The minimum atomic E-state index is -3.03. The zero-order valence-electron chi connectivity index (χ0n) is 12.4. The summed E-state index contributed by atoms with van der Waals surface area (Å²) in [4.78, 5) is 0. The van der Waals surface area contributed by atoms with Crippen molar-refractivity contribution in [3.05, 3.63) is 35.4 Å². The molecule has 2 rings (SSSR count). The summed E-state index contributed by atoms with van der Waals surface area (Å²) in [6.07, 6.45) is 3.53. The Morgan fingerprint density at radius 3 is 2.35 bits per heavy atom. The second-order valence-corrected chi connectivity index (χ2v) is 8.24. The van der Waals surface area contributed by atoms with E-state index in [1.165, 1.54) is 5.56 Å². The van der Waals surface area contributed by atoms with Crippen LogP contribution in [0.5, 0.6) is 0 Å². The van der Waals surface area contributed by atoms with Crippen molar-refractivity contribution in [2.24, 2.45) is 5.73 Å². The quantitative estimate of drug-likeness (QED) is 0.928. The first kappa shape index (κ1) is 15.5. The van der Waals surface area contributed by atoms with Crippen LogP contribution in [0.15, 0.2) is 24.3 Å². The molecule has 1 aliphatic rings. The van der Waals surface area contributed by atoms with E-state index in [9.17, 15) is 8.42 Å². The third-order valence-corrected chi connectivity index (χ3v) is 6.84. The van der Waals surface area contributed by atoms with Gasteiger partial charge in [0.15, 0.2) is 9.84 Å². The molecule has 1 aromatic rings. The van der Waals surface area contributed by atoms with E-state index in [1.807, 2.05) is 12.1 Å². The van der Waals surface area contributed by atoms with Crippen molar-refractivity contribution in [1.29, 1.82) is 0 Å². The second kappa shape index (κ2) is 6.27. The van der Waals surface area contributed by atoms with E-state index in [0.717, 1.165) is 24.8 Å². The SMILES string of the molecule is CCC(C)c1ccc(C(N)C2CCCCS2(=O)=O)cc1. The molecule has 1 heterocycles. The molecule has 4 heteroatoms. The summed E-state index contributed by atoms with van der Waals surface area (Å²) < 4.78 is 24.3. The van der Waals surface area contributed by atoms with Crippen molar-refractivity contribution in [2.75, 3.05) is 5.75 Å². The largest absolute Gasteiger partial charge is 0.323 e. The van der Waals surface area contributed by atoms with E-state index in [2.05, 4.69) is 26.0 Å². The molecule has 2 N–H and O–H groups in total. The Kier molecular flexibility index (Phi) is 4.86. The van der Waals surface area contributed by atoms with E-state index < -0.39 is 21.1 Å². The van der Waals surface area contributed by atoms with Crippen LogP contribution in [0.3, 0.4) is 0 Å². The fourth-order valence-corrected chi connectivity index (χ4v) is 4.92. The molecule has 20 heavy (non-hydrogen) atoms. The van der Waals surface area contributed by atoms with Crippen LogP contribution < -0.4 is 5.73 Å². The van der Waals surface area contributed by atoms with Crippen LogP contribution in [-0.4, -0.2) is 19.4 Å². The van der Waals surface area contributed by atoms with Gasteiger partial charge >= 0.3 is 0 Å². The van der Waals surface area contributed by atoms with Gasteiger partial charge in [-0.05, 0) is 36.3 Å². The third-order valence-electron chi connectivity index (χ3n) is 4.53. The second-order valence-electron chi connectivity index (χ2n) is 5.90. The lowest BCUT2D eigenvalue weighted by atomic mass is 9.94. The van der Waals surface area contributed by atoms with Gasteiger partial charge in [0.1, 0.15) is 0 Å². The summed E-state index contributed by atoms with van der Waals surface area (Å²) >= 11 is 0. The maximum Gasteiger partial charge on any atom is 0.155 e. The topological polar surface area (TPSA) is 60.2 Å². The fraction of sp³-hybridized carbons (Fsp3) is 0.625. The van der Waals surface area contributed by atoms with Crippen LogP contribution >= 0.6 is 0 Å². The van der Waals surface area contributed by atoms with Gasteiger partial charge in [-0.25, -0.2) is 8.42 Å². The molecule has 0 bridgehead atoms. The zero-order chi connectivity index (χ0) is 14.8. The van der Waals surface area contributed by atoms with Gasteiger partial charge in [0.05, 0.1) is 11.0 Å². The van der Waals surface area contributed by atoms with E-state index in [0.29, 0.717) is 12.3 Å². The molecule has 3 nitrogen and oxygen atoms in total. The van der Waals surface area contributed by atoms with Gasteiger partial charge in [-0.2, -0.15) is 0 Å². The average Bonchev–Trinajstić information content (AvgIpc) is 2.45. The van der Waals surface area contributed by atoms with E-state index in [-0.39, 0.29) is 5.75 Å². The predicted octanol–water partition coefficient (Wildman–Crippen LogP) is 3.17. The molecule has 3 unspecified atom stereocenters. The Bertz CT molecular complexity index is 536. The van der Waals surface area contributed by atoms with Crippen LogP contribution in [0, 0.1) is 0 Å². The van der Waals surface area contributed by atoms with Crippen molar-refractivity contribution < 1.29 is 8.42 Å². The van der Waals surface area contributed by atoms with Crippen LogP contribution in [-0.2, 0) is 9.84 Å². The molecular formula is C16H25NO2S. The first-order chi connectivity index (χ1) is 9.45. The van der Waals surface area contributed by atoms with Crippen molar-refractivity contribution >= 4 is 9.84 Å². The summed E-state index contributed by atoms with van der Waals surface area (Å²) in [5, 5.41) is -0.411. The van der Waals surface area contributed by atoms with Gasteiger partial charge in [0, 0.05) is 6.04 Å². The summed E-state index contributed by atoms with van der Waals surface area (Å²) in [6.45, 7) is 4.36. The zero-order valence-corrected chi connectivity index (χ0v) is 13.2. The highest BCUT2D eigenvalue weighted by atomic mass is 32.2. The number of rotatable bonds is 4. The molecule has 1 fully saturated rings. The van der Waals surface area contributed by atoms with E-state index >= 15 is 0 Å². The molecule has 0 spiro atoms. The summed E-state index contributed by atoms with van der Waals surface area (Å²) in [6, 6.07) is 7.76. The Morgan fingerprint density at radius 2 is 1.80 bits per heavy atom. The van der Waals surface area contributed by atoms with Crippen LogP contribution in [0.25, 0.3) is 0 Å². The number of hydrogen-bond acceptors (Lipinski definition) is 3. The summed E-state index contributed by atoms with van der Waals surface area (Å²) in [5.41, 5.74) is 8.45. The highest BCUT2D eigenvalue weighted by Crippen LogP contribution is 2.30. The van der Waals surface area contributed by atoms with Gasteiger partial charge < -0.3 is 5.73 Å². The molecule has 0 aliphatic carbocycles. The van der Waals surface area contributed by atoms with Crippen molar-refractivity contribution in [2.45, 2.75) is 56.7 Å². The Balaban J connectivity index is 2.18. The van der Waals surface area contributed by atoms with Crippen molar-refractivity contribution in [3.8, 4) is 0 Å². The third kappa shape index (κ3) is 3.23. The Labute approximate surface area is 122 Å². The number of hydrogen-bond donors (Lipinski definition) is 1. The van der Waals surface area contributed by atoms with Gasteiger partial charge in [-0.3, -0.25) is 0 Å². The molecule has 0 aromatic heterocycles. The first-order valence-corrected chi connectivity index (χ1v) is 9.24. The molecule has 0 radical (unpaired) electrons. The highest BCUT2D eigenvalue weighted by Gasteiger charge is 2.34. The molecule has 1 saturated heterocycles. The fourth-order valence-electron chi connectivity index (χ4n) is 2.88. The van der Waals surface area contributed by atoms with Crippen molar-refractivity contribution in [3.63, 3.8) is 0 Å². The molecule has 1 aliphatic heterocycles. The normalized spacial score (nSPS) is 25.1. The van der Waals surface area contributed by atoms with Gasteiger partial charge in [0.25, 0.3) is 0 Å². The molecule has 1 aromatic carbocycles. The van der Waals surface area contributed by atoms with Gasteiger partial charge in [0.2, 0.25) is 0 Å². The lowest BCUT2D eigenvalue weighted by Crippen LogP contribution is -2.37. The average molecular weight is 295 g/mol. The van der Waals surface area contributed by atoms with Crippen LogP contribution in [0.1, 0.15) is 62.6 Å². The van der Waals surface area contributed by atoms with Gasteiger partial charge in [-0.1, -0.05) is 44.5 Å². The van der Waals surface area contributed by atoms with Crippen molar-refractivity contribution in [1.82, 2.24) is 0 Å². The minimum absolute atomic E-state index is 0.288. The van der Waals surface area contributed by atoms with Gasteiger partial charge in [-0.15, -0.1) is 0 Å². The highest BCUT2D eigenvalue weighted by molar-refractivity contribution is 7.92. The van der Waals surface area contributed by atoms with Crippen LogP contribution in [0.2, 0.25) is 0 Å². The Morgan fingerprint density at radius 1 is 1.20 bits per heavy atom. The minimum Gasteiger partial charge on any atom is -0.323 e. The summed E-state index contributed by atoms with van der Waals surface area (Å²) in [5.74, 6) is 0.815. The standard InChI is InChI=1S/C16H25NO2S/c1-3-12(2)13-7-9-14(10-8-13)16(17)15-6-4-5-11-20(15,18)19/h7-10,12,15-16H,3-6,11,17H2,1-2H3. The smallest absolute Gasteiger partial charge is 0.155 e. The van der Waals surface area contributed by atoms with E-state index in [1.54, 1.807) is 0 Å². The molecule has 112 valence electrons. The lowest BCUT2D eigenvalue weighted by Gasteiger charge is -2.28. The monoisotopic (exact) mass is 295 g/mol. The number of nitrogens with two attached hydrogens (primary N) is 1.